The van der Waals surface area contributed by atoms with Gasteiger partial charge in [0.05, 0.1) is 5.69 Å². The van der Waals surface area contributed by atoms with Crippen molar-refractivity contribution >= 4 is 17.4 Å². The molecule has 1 aromatic heterocycles. The lowest BCUT2D eigenvalue weighted by Crippen LogP contribution is -2.43. The van der Waals surface area contributed by atoms with E-state index in [1.54, 1.807) is 0 Å². The van der Waals surface area contributed by atoms with Crippen molar-refractivity contribution in [2.45, 2.75) is 45.1 Å². The van der Waals surface area contributed by atoms with Crippen LogP contribution in [0.1, 0.15) is 48.0 Å². The summed E-state index contributed by atoms with van der Waals surface area (Å²) in [6.45, 7) is 4.94. The quantitative estimate of drug-likeness (QED) is 0.922. The average Bonchev–Trinajstić information content (AvgIpc) is 3.17. The van der Waals surface area contributed by atoms with Crippen molar-refractivity contribution < 1.29 is 4.79 Å². The van der Waals surface area contributed by atoms with Gasteiger partial charge < -0.3 is 10.2 Å². The fourth-order valence-electron chi connectivity index (χ4n) is 3.36. The number of amides is 1. The van der Waals surface area contributed by atoms with E-state index in [4.69, 9.17) is 0 Å². The van der Waals surface area contributed by atoms with Crippen LogP contribution in [-0.4, -0.2) is 46.1 Å². The molecule has 1 atom stereocenters. The molecule has 0 saturated carbocycles. The number of carbonyl (C=O) groups is 1. The predicted octanol–water partition coefficient (Wildman–Crippen LogP) is 1.70. The molecule has 0 aromatic carbocycles. The van der Waals surface area contributed by atoms with Gasteiger partial charge in [-0.25, -0.2) is 0 Å². The summed E-state index contributed by atoms with van der Waals surface area (Å²) in [5, 5.41) is 7.63. The molecule has 2 aliphatic heterocycles. The standard InChI is InChI=1S/C14H22N4OS/c1-2-11-13(20-17-16-11)14(19)18-8-5-10(6-9-18)12-4-3-7-15-12/h10,12,15H,2-9H2,1H3. The summed E-state index contributed by atoms with van der Waals surface area (Å²) in [5.41, 5.74) is 0.847. The van der Waals surface area contributed by atoms with Gasteiger partial charge in [-0.15, -0.1) is 5.10 Å². The fraction of sp³-hybridized carbons (Fsp3) is 0.786. The van der Waals surface area contributed by atoms with Crippen LogP contribution in [0, 0.1) is 5.92 Å². The number of likely N-dealkylation sites (tertiary alicyclic amines) is 1. The summed E-state index contributed by atoms with van der Waals surface area (Å²) in [6.07, 6.45) is 5.63. The third-order valence-corrected chi connectivity index (χ3v) is 5.34. The number of rotatable bonds is 3. The topological polar surface area (TPSA) is 58.1 Å². The summed E-state index contributed by atoms with van der Waals surface area (Å²) in [5.74, 6) is 0.876. The maximum Gasteiger partial charge on any atom is 0.267 e. The second-order valence-electron chi connectivity index (χ2n) is 5.73. The van der Waals surface area contributed by atoms with Gasteiger partial charge in [0.2, 0.25) is 0 Å². The van der Waals surface area contributed by atoms with Crippen molar-refractivity contribution in [2.24, 2.45) is 5.92 Å². The minimum Gasteiger partial charge on any atom is -0.338 e. The van der Waals surface area contributed by atoms with E-state index >= 15 is 0 Å². The Morgan fingerprint density at radius 2 is 2.20 bits per heavy atom. The molecular weight excluding hydrogens is 272 g/mol. The summed E-state index contributed by atoms with van der Waals surface area (Å²) < 4.78 is 3.92. The highest BCUT2D eigenvalue weighted by Crippen LogP contribution is 2.27. The largest absolute Gasteiger partial charge is 0.338 e. The molecule has 0 aliphatic carbocycles. The fourth-order valence-corrected chi connectivity index (χ4v) is 4.08. The van der Waals surface area contributed by atoms with Crippen LogP contribution >= 0.6 is 11.5 Å². The first-order valence-corrected chi connectivity index (χ1v) is 8.40. The highest BCUT2D eigenvalue weighted by molar-refractivity contribution is 7.08. The Labute approximate surface area is 123 Å². The third kappa shape index (κ3) is 2.72. The first-order valence-electron chi connectivity index (χ1n) is 7.63. The molecule has 110 valence electrons. The Hall–Kier alpha value is -1.01. The Balaban J connectivity index is 1.59. The number of aryl methyl sites for hydroxylation is 1. The second kappa shape index (κ2) is 6.18. The highest BCUT2D eigenvalue weighted by Gasteiger charge is 2.31. The lowest BCUT2D eigenvalue weighted by atomic mass is 9.88. The number of piperidine rings is 1. The first kappa shape index (κ1) is 13.9. The van der Waals surface area contributed by atoms with Gasteiger partial charge in [0.25, 0.3) is 5.91 Å². The van der Waals surface area contributed by atoms with Crippen LogP contribution in [0.2, 0.25) is 0 Å². The Morgan fingerprint density at radius 3 is 2.85 bits per heavy atom. The molecule has 0 spiro atoms. The van der Waals surface area contributed by atoms with Gasteiger partial charge in [-0.05, 0) is 56.1 Å². The maximum atomic E-state index is 12.5. The second-order valence-corrected chi connectivity index (χ2v) is 6.49. The van der Waals surface area contributed by atoms with Crippen LogP contribution in [-0.2, 0) is 6.42 Å². The van der Waals surface area contributed by atoms with E-state index in [9.17, 15) is 4.79 Å². The third-order valence-electron chi connectivity index (χ3n) is 4.58. The average molecular weight is 294 g/mol. The molecule has 5 nitrogen and oxygen atoms in total. The van der Waals surface area contributed by atoms with E-state index in [1.807, 2.05) is 11.8 Å². The van der Waals surface area contributed by atoms with Crippen molar-refractivity contribution in [3.8, 4) is 0 Å². The molecule has 6 heteroatoms. The van der Waals surface area contributed by atoms with E-state index in [2.05, 4.69) is 14.9 Å². The summed E-state index contributed by atoms with van der Waals surface area (Å²) >= 11 is 1.24. The highest BCUT2D eigenvalue weighted by atomic mass is 32.1. The van der Waals surface area contributed by atoms with Gasteiger partial charge in [-0.3, -0.25) is 4.79 Å². The monoisotopic (exact) mass is 294 g/mol. The van der Waals surface area contributed by atoms with E-state index < -0.39 is 0 Å². The number of aromatic nitrogens is 2. The molecule has 2 aliphatic rings. The molecule has 20 heavy (non-hydrogen) atoms. The van der Waals surface area contributed by atoms with Gasteiger partial charge in [0.15, 0.2) is 0 Å². The zero-order chi connectivity index (χ0) is 13.9. The number of hydrogen-bond acceptors (Lipinski definition) is 5. The molecule has 1 aromatic rings. The Kier molecular flexibility index (Phi) is 4.31. The van der Waals surface area contributed by atoms with E-state index in [0.717, 1.165) is 55.4 Å². The van der Waals surface area contributed by atoms with Gasteiger partial charge in [0.1, 0.15) is 4.88 Å². The zero-order valence-corrected chi connectivity index (χ0v) is 12.8. The Morgan fingerprint density at radius 1 is 1.40 bits per heavy atom. The molecule has 1 amide bonds. The number of nitrogens with one attached hydrogen (secondary N) is 1. The van der Waals surface area contributed by atoms with Crippen molar-refractivity contribution in [3.05, 3.63) is 10.6 Å². The van der Waals surface area contributed by atoms with Crippen LogP contribution in [0.4, 0.5) is 0 Å². The zero-order valence-electron chi connectivity index (χ0n) is 12.0. The van der Waals surface area contributed by atoms with Gasteiger partial charge in [-0.2, -0.15) is 0 Å². The van der Waals surface area contributed by atoms with Crippen molar-refractivity contribution in [3.63, 3.8) is 0 Å². The SMILES string of the molecule is CCc1nnsc1C(=O)N1CCC(C2CCCN2)CC1. The van der Waals surface area contributed by atoms with Gasteiger partial charge in [-0.1, -0.05) is 11.4 Å². The van der Waals surface area contributed by atoms with Crippen LogP contribution in [0.15, 0.2) is 0 Å². The van der Waals surface area contributed by atoms with Crippen LogP contribution < -0.4 is 5.32 Å². The Bertz CT molecular complexity index is 461. The first-order chi connectivity index (χ1) is 9.79. The molecule has 3 rings (SSSR count). The number of carbonyl (C=O) groups excluding carboxylic acids is 1. The molecule has 2 fully saturated rings. The lowest BCUT2D eigenvalue weighted by molar-refractivity contribution is 0.0678. The lowest BCUT2D eigenvalue weighted by Gasteiger charge is -2.34. The van der Waals surface area contributed by atoms with Crippen molar-refractivity contribution in [1.29, 1.82) is 0 Å². The molecule has 1 N–H and O–H groups in total. The predicted molar refractivity (Wildman–Crippen MR) is 78.9 cm³/mol. The smallest absolute Gasteiger partial charge is 0.267 e. The van der Waals surface area contributed by atoms with Crippen LogP contribution in [0.3, 0.4) is 0 Å². The molecule has 1 unspecified atom stereocenters. The summed E-state index contributed by atoms with van der Waals surface area (Å²) in [6, 6.07) is 0.684. The van der Waals surface area contributed by atoms with E-state index in [1.165, 1.54) is 24.4 Å². The van der Waals surface area contributed by atoms with Crippen molar-refractivity contribution in [2.75, 3.05) is 19.6 Å². The van der Waals surface area contributed by atoms with Crippen LogP contribution in [0.25, 0.3) is 0 Å². The molecule has 0 radical (unpaired) electrons. The minimum atomic E-state index is 0.134. The maximum absolute atomic E-state index is 12.5. The van der Waals surface area contributed by atoms with E-state index in [-0.39, 0.29) is 5.91 Å². The van der Waals surface area contributed by atoms with Gasteiger partial charge in [0, 0.05) is 19.1 Å². The number of nitrogens with zero attached hydrogens (tertiary/aromatic N) is 3. The minimum absolute atomic E-state index is 0.134. The van der Waals surface area contributed by atoms with Crippen molar-refractivity contribution in [1.82, 2.24) is 19.8 Å². The normalized spacial score (nSPS) is 24.2. The van der Waals surface area contributed by atoms with Crippen LogP contribution in [0.5, 0.6) is 0 Å². The molecule has 2 saturated heterocycles. The summed E-state index contributed by atoms with van der Waals surface area (Å²) in [4.78, 5) is 15.2. The molecule has 3 heterocycles. The molecular formula is C14H22N4OS. The van der Waals surface area contributed by atoms with Gasteiger partial charge >= 0.3 is 0 Å². The number of hydrogen-bond donors (Lipinski definition) is 1. The van der Waals surface area contributed by atoms with E-state index in [0.29, 0.717) is 6.04 Å². The summed E-state index contributed by atoms with van der Waals surface area (Å²) in [7, 11) is 0. The molecule has 0 bridgehead atoms.